The number of rotatable bonds is 4. The molecule has 0 saturated heterocycles. The lowest BCUT2D eigenvalue weighted by Gasteiger charge is -2.15. The van der Waals surface area contributed by atoms with E-state index in [0.717, 1.165) is 23.4 Å². The zero-order valence-corrected chi connectivity index (χ0v) is 10.5. The second kappa shape index (κ2) is 5.80. The molecule has 2 nitrogen and oxygen atoms in total. The Kier molecular flexibility index (Phi) is 4.12. The van der Waals surface area contributed by atoms with Gasteiger partial charge in [0.2, 0.25) is 0 Å². The molecule has 2 rings (SSSR count). The van der Waals surface area contributed by atoms with E-state index in [1.807, 2.05) is 31.2 Å². The highest BCUT2D eigenvalue weighted by atomic mass is 19.1. The van der Waals surface area contributed by atoms with Gasteiger partial charge in [0.1, 0.15) is 11.6 Å². The van der Waals surface area contributed by atoms with E-state index in [2.05, 4.69) is 5.32 Å². The molecule has 19 heavy (non-hydrogen) atoms. The van der Waals surface area contributed by atoms with Gasteiger partial charge in [0.05, 0.1) is 6.10 Å². The predicted molar refractivity (Wildman–Crippen MR) is 71.0 cm³/mol. The summed E-state index contributed by atoms with van der Waals surface area (Å²) in [6.45, 7) is 2.10. The van der Waals surface area contributed by atoms with Crippen molar-refractivity contribution in [1.82, 2.24) is 0 Å². The van der Waals surface area contributed by atoms with E-state index in [1.165, 1.54) is 6.07 Å². The standard InChI is InChI=1S/C15H15F2NO/c1-10-4-2-3-5-14(10)18-9-15(19)12-7-6-11(16)8-13(12)17/h2-8,15,18-19H,9H2,1H3. The molecule has 1 atom stereocenters. The highest BCUT2D eigenvalue weighted by Crippen LogP contribution is 2.20. The number of hydrogen-bond acceptors (Lipinski definition) is 2. The van der Waals surface area contributed by atoms with Crippen LogP contribution in [0.4, 0.5) is 14.5 Å². The van der Waals surface area contributed by atoms with Gasteiger partial charge >= 0.3 is 0 Å². The summed E-state index contributed by atoms with van der Waals surface area (Å²) in [5.41, 5.74) is 2.00. The van der Waals surface area contributed by atoms with Crippen LogP contribution in [0.3, 0.4) is 0 Å². The molecule has 0 aromatic heterocycles. The molecule has 2 aromatic carbocycles. The topological polar surface area (TPSA) is 32.3 Å². The van der Waals surface area contributed by atoms with Gasteiger partial charge in [-0.2, -0.15) is 0 Å². The molecule has 0 amide bonds. The first-order chi connectivity index (χ1) is 9.08. The summed E-state index contributed by atoms with van der Waals surface area (Å²) in [6.07, 6.45) is -1.03. The summed E-state index contributed by atoms with van der Waals surface area (Å²) in [6, 6.07) is 10.8. The lowest BCUT2D eigenvalue weighted by atomic mass is 10.1. The van der Waals surface area contributed by atoms with Gasteiger partial charge in [0.25, 0.3) is 0 Å². The number of nitrogens with one attached hydrogen (secondary N) is 1. The van der Waals surface area contributed by atoms with E-state index in [0.29, 0.717) is 0 Å². The minimum atomic E-state index is -1.03. The average molecular weight is 263 g/mol. The van der Waals surface area contributed by atoms with Gasteiger partial charge in [-0.3, -0.25) is 0 Å². The van der Waals surface area contributed by atoms with Crippen LogP contribution in [0.2, 0.25) is 0 Å². The van der Waals surface area contributed by atoms with Crippen LogP contribution in [0.25, 0.3) is 0 Å². The fourth-order valence-corrected chi connectivity index (χ4v) is 1.86. The van der Waals surface area contributed by atoms with Gasteiger partial charge in [-0.1, -0.05) is 24.3 Å². The molecule has 0 fully saturated rings. The van der Waals surface area contributed by atoms with Gasteiger partial charge in [-0.05, 0) is 24.6 Å². The van der Waals surface area contributed by atoms with Gasteiger partial charge < -0.3 is 10.4 Å². The lowest BCUT2D eigenvalue weighted by molar-refractivity contribution is 0.186. The van der Waals surface area contributed by atoms with E-state index >= 15 is 0 Å². The molecule has 0 bridgehead atoms. The Morgan fingerprint density at radius 1 is 1.16 bits per heavy atom. The van der Waals surface area contributed by atoms with Crippen LogP contribution < -0.4 is 5.32 Å². The van der Waals surface area contributed by atoms with Gasteiger partial charge in [0, 0.05) is 23.9 Å². The molecule has 0 radical (unpaired) electrons. The number of aliphatic hydroxyl groups excluding tert-OH is 1. The number of anilines is 1. The molecule has 2 N–H and O–H groups in total. The van der Waals surface area contributed by atoms with Crippen LogP contribution >= 0.6 is 0 Å². The molecular weight excluding hydrogens is 248 g/mol. The molecule has 0 aliphatic heterocycles. The van der Waals surface area contributed by atoms with E-state index < -0.39 is 17.7 Å². The summed E-state index contributed by atoms with van der Waals surface area (Å²) in [5.74, 6) is -1.39. The van der Waals surface area contributed by atoms with Crippen molar-refractivity contribution in [1.29, 1.82) is 0 Å². The Bertz CT molecular complexity index is 572. The molecule has 0 aliphatic carbocycles. The first kappa shape index (κ1) is 13.5. The van der Waals surface area contributed by atoms with Crippen molar-refractivity contribution in [2.45, 2.75) is 13.0 Å². The molecule has 100 valence electrons. The maximum Gasteiger partial charge on any atom is 0.131 e. The second-order valence-corrected chi connectivity index (χ2v) is 4.38. The summed E-state index contributed by atoms with van der Waals surface area (Å²) in [5, 5.41) is 13.0. The van der Waals surface area contributed by atoms with Gasteiger partial charge in [0.15, 0.2) is 0 Å². The highest BCUT2D eigenvalue weighted by Gasteiger charge is 2.13. The minimum absolute atomic E-state index is 0.0856. The van der Waals surface area contributed by atoms with E-state index in [-0.39, 0.29) is 12.1 Å². The van der Waals surface area contributed by atoms with Crippen LogP contribution in [-0.4, -0.2) is 11.7 Å². The third-order valence-corrected chi connectivity index (χ3v) is 2.95. The summed E-state index contributed by atoms with van der Waals surface area (Å²) in [7, 11) is 0. The molecular formula is C15H15F2NO. The first-order valence-electron chi connectivity index (χ1n) is 6.00. The fraction of sp³-hybridized carbons (Fsp3) is 0.200. The average Bonchev–Trinajstić information content (AvgIpc) is 2.37. The highest BCUT2D eigenvalue weighted by molar-refractivity contribution is 5.50. The number of aryl methyl sites for hydroxylation is 1. The van der Waals surface area contributed by atoms with Crippen molar-refractivity contribution in [3.05, 3.63) is 65.2 Å². The number of para-hydroxylation sites is 1. The molecule has 0 aliphatic rings. The number of halogens is 2. The maximum atomic E-state index is 13.5. The van der Waals surface area contributed by atoms with E-state index in [9.17, 15) is 13.9 Å². The Balaban J connectivity index is 2.05. The zero-order chi connectivity index (χ0) is 13.8. The van der Waals surface area contributed by atoms with Crippen molar-refractivity contribution >= 4 is 5.69 Å². The Morgan fingerprint density at radius 2 is 1.89 bits per heavy atom. The zero-order valence-electron chi connectivity index (χ0n) is 10.5. The Hall–Kier alpha value is -1.94. The monoisotopic (exact) mass is 263 g/mol. The van der Waals surface area contributed by atoms with Crippen LogP contribution in [0.5, 0.6) is 0 Å². The van der Waals surface area contributed by atoms with Gasteiger partial charge in [-0.25, -0.2) is 8.78 Å². The SMILES string of the molecule is Cc1ccccc1NCC(O)c1ccc(F)cc1F. The predicted octanol–water partition coefficient (Wildman–Crippen LogP) is 3.42. The smallest absolute Gasteiger partial charge is 0.131 e. The Labute approximate surface area is 110 Å². The van der Waals surface area contributed by atoms with Crippen molar-refractivity contribution < 1.29 is 13.9 Å². The fourth-order valence-electron chi connectivity index (χ4n) is 1.86. The third kappa shape index (κ3) is 3.29. The number of hydrogen-bond donors (Lipinski definition) is 2. The van der Waals surface area contributed by atoms with Crippen LogP contribution in [0.1, 0.15) is 17.2 Å². The quantitative estimate of drug-likeness (QED) is 0.886. The molecule has 0 spiro atoms. The van der Waals surface area contributed by atoms with Crippen molar-refractivity contribution in [3.8, 4) is 0 Å². The van der Waals surface area contributed by atoms with Crippen molar-refractivity contribution in [2.75, 3.05) is 11.9 Å². The third-order valence-electron chi connectivity index (χ3n) is 2.95. The molecule has 0 saturated carbocycles. The van der Waals surface area contributed by atoms with Crippen molar-refractivity contribution in [3.63, 3.8) is 0 Å². The summed E-state index contributed by atoms with van der Waals surface area (Å²) >= 11 is 0. The van der Waals surface area contributed by atoms with E-state index in [4.69, 9.17) is 0 Å². The summed E-state index contributed by atoms with van der Waals surface area (Å²) in [4.78, 5) is 0. The first-order valence-corrected chi connectivity index (χ1v) is 6.00. The summed E-state index contributed by atoms with van der Waals surface area (Å²) < 4.78 is 26.3. The van der Waals surface area contributed by atoms with Crippen molar-refractivity contribution in [2.24, 2.45) is 0 Å². The largest absolute Gasteiger partial charge is 0.386 e. The molecule has 4 heteroatoms. The second-order valence-electron chi connectivity index (χ2n) is 4.38. The van der Waals surface area contributed by atoms with E-state index in [1.54, 1.807) is 0 Å². The maximum absolute atomic E-state index is 13.5. The number of benzene rings is 2. The Morgan fingerprint density at radius 3 is 2.58 bits per heavy atom. The minimum Gasteiger partial charge on any atom is -0.386 e. The molecule has 1 unspecified atom stereocenters. The van der Waals surface area contributed by atoms with Crippen LogP contribution in [0, 0.1) is 18.6 Å². The molecule has 2 aromatic rings. The normalized spacial score (nSPS) is 12.2. The lowest BCUT2D eigenvalue weighted by Crippen LogP contribution is -2.14. The van der Waals surface area contributed by atoms with Crippen LogP contribution in [0.15, 0.2) is 42.5 Å². The number of aliphatic hydroxyl groups is 1. The molecule has 0 heterocycles. The van der Waals surface area contributed by atoms with Gasteiger partial charge in [-0.15, -0.1) is 0 Å². The van der Waals surface area contributed by atoms with Crippen LogP contribution in [-0.2, 0) is 0 Å².